The molecule has 1 spiro atoms. The highest BCUT2D eigenvalue weighted by molar-refractivity contribution is 6.08. The summed E-state index contributed by atoms with van der Waals surface area (Å²) in [4.78, 5) is 39.1. The summed E-state index contributed by atoms with van der Waals surface area (Å²) in [6.45, 7) is 1.14. The molecule has 4 rings (SSSR count). The van der Waals surface area contributed by atoms with Crippen LogP contribution in [0.4, 0.5) is 5.69 Å². The highest BCUT2D eigenvalue weighted by Crippen LogP contribution is 2.45. The third-order valence-electron chi connectivity index (χ3n) is 5.85. The van der Waals surface area contributed by atoms with E-state index in [1.807, 2.05) is 24.3 Å². The number of anilines is 1. The third-order valence-corrected chi connectivity index (χ3v) is 5.85. The van der Waals surface area contributed by atoms with Gasteiger partial charge >= 0.3 is 5.97 Å². The normalized spacial score (nSPS) is 27.2. The summed E-state index contributed by atoms with van der Waals surface area (Å²) in [6, 6.07) is 7.49. The Kier molecular flexibility index (Phi) is 3.57. The van der Waals surface area contributed by atoms with Crippen LogP contribution >= 0.6 is 0 Å². The third kappa shape index (κ3) is 2.18. The number of ether oxygens (including phenoxy) is 1. The van der Waals surface area contributed by atoms with E-state index in [2.05, 4.69) is 5.32 Å². The fourth-order valence-electron chi connectivity index (χ4n) is 4.30. The zero-order chi connectivity index (χ0) is 17.7. The van der Waals surface area contributed by atoms with E-state index in [4.69, 9.17) is 4.74 Å². The van der Waals surface area contributed by atoms with Crippen LogP contribution in [0.3, 0.4) is 0 Å². The van der Waals surface area contributed by atoms with Gasteiger partial charge in [0, 0.05) is 32.0 Å². The predicted molar refractivity (Wildman–Crippen MR) is 88.1 cm³/mol. The molecule has 0 radical (unpaired) electrons. The summed E-state index contributed by atoms with van der Waals surface area (Å²) >= 11 is 0. The first-order valence-corrected chi connectivity index (χ1v) is 8.51. The predicted octanol–water partition coefficient (Wildman–Crippen LogP) is 0.990. The lowest BCUT2D eigenvalue weighted by atomic mass is 9.78. The Morgan fingerprint density at radius 2 is 1.88 bits per heavy atom. The summed E-state index contributed by atoms with van der Waals surface area (Å²) in [5.74, 6) is -1.60. The largest absolute Gasteiger partial charge is 0.480 e. The van der Waals surface area contributed by atoms with Gasteiger partial charge in [-0.1, -0.05) is 18.2 Å². The number of amides is 2. The zero-order valence-electron chi connectivity index (χ0n) is 13.8. The maximum absolute atomic E-state index is 13.1. The molecule has 0 bridgehead atoms. The molecule has 3 heterocycles. The van der Waals surface area contributed by atoms with E-state index in [-0.39, 0.29) is 38.5 Å². The van der Waals surface area contributed by atoms with E-state index in [0.29, 0.717) is 13.0 Å². The number of likely N-dealkylation sites (tertiary alicyclic amines) is 1. The number of carbonyl (C=O) groups is 3. The Hall–Kier alpha value is -2.41. The number of carboxylic acids is 1. The average molecular weight is 344 g/mol. The number of rotatable bonds is 2. The minimum absolute atomic E-state index is 0.111. The summed E-state index contributed by atoms with van der Waals surface area (Å²) in [7, 11) is 0. The minimum Gasteiger partial charge on any atom is -0.480 e. The summed E-state index contributed by atoms with van der Waals surface area (Å²) in [5, 5.41) is 12.6. The van der Waals surface area contributed by atoms with Crippen molar-refractivity contribution in [2.24, 2.45) is 5.41 Å². The summed E-state index contributed by atoms with van der Waals surface area (Å²) in [5.41, 5.74) is -0.525. The molecule has 1 aromatic carbocycles. The van der Waals surface area contributed by atoms with E-state index in [9.17, 15) is 19.5 Å². The van der Waals surface area contributed by atoms with E-state index < -0.39 is 22.7 Å². The van der Waals surface area contributed by atoms with Gasteiger partial charge in [0.2, 0.25) is 11.8 Å². The van der Waals surface area contributed by atoms with Crippen LogP contribution in [-0.4, -0.2) is 54.1 Å². The Morgan fingerprint density at radius 1 is 1.16 bits per heavy atom. The van der Waals surface area contributed by atoms with Gasteiger partial charge in [0.15, 0.2) is 5.41 Å². The second kappa shape index (κ2) is 5.56. The lowest BCUT2D eigenvalue weighted by molar-refractivity contribution is -0.167. The number of hydrogen-bond donors (Lipinski definition) is 2. The molecule has 1 unspecified atom stereocenters. The molecule has 7 heteroatoms. The van der Waals surface area contributed by atoms with Gasteiger partial charge in [0.1, 0.15) is 0 Å². The number of fused-ring (bicyclic) bond motifs is 2. The minimum atomic E-state index is -1.43. The molecule has 2 N–H and O–H groups in total. The van der Waals surface area contributed by atoms with Gasteiger partial charge in [-0.15, -0.1) is 0 Å². The first kappa shape index (κ1) is 16.1. The molecule has 3 aliphatic rings. The molecule has 7 nitrogen and oxygen atoms in total. The van der Waals surface area contributed by atoms with Crippen LogP contribution in [0.1, 0.15) is 24.8 Å². The SMILES string of the molecule is O=C(O)C1(C(=O)N2CCC3(C2)C(=O)Nc2ccccc23)CCOCC1. The number of aliphatic carboxylic acids is 1. The maximum atomic E-state index is 13.1. The number of nitrogens with one attached hydrogen (secondary N) is 1. The highest BCUT2D eigenvalue weighted by atomic mass is 16.5. The van der Waals surface area contributed by atoms with Crippen molar-refractivity contribution >= 4 is 23.5 Å². The van der Waals surface area contributed by atoms with Crippen molar-refractivity contribution in [1.29, 1.82) is 0 Å². The lowest BCUT2D eigenvalue weighted by Crippen LogP contribution is -2.51. The second-order valence-electron chi connectivity index (χ2n) is 7.06. The molecule has 2 fully saturated rings. The molecular weight excluding hydrogens is 324 g/mol. The van der Waals surface area contributed by atoms with Crippen molar-refractivity contribution in [3.8, 4) is 0 Å². The molecule has 0 aromatic heterocycles. The van der Waals surface area contributed by atoms with Crippen LogP contribution in [0.25, 0.3) is 0 Å². The quantitative estimate of drug-likeness (QED) is 0.780. The van der Waals surface area contributed by atoms with Crippen molar-refractivity contribution in [1.82, 2.24) is 4.90 Å². The summed E-state index contributed by atoms with van der Waals surface area (Å²) in [6.07, 6.45) is 0.856. The van der Waals surface area contributed by atoms with E-state index in [0.717, 1.165) is 11.3 Å². The standard InChI is InChI=1S/C18H20N2O5/c21-14-18(12-3-1-2-4-13(12)19-14)5-8-20(11-18)15(22)17(16(23)24)6-9-25-10-7-17/h1-4H,5-11H2,(H,19,21)(H,23,24). The Morgan fingerprint density at radius 3 is 2.60 bits per heavy atom. The number of carbonyl (C=O) groups excluding carboxylic acids is 2. The Bertz CT molecular complexity index is 756. The van der Waals surface area contributed by atoms with E-state index in [1.54, 1.807) is 4.90 Å². The maximum Gasteiger partial charge on any atom is 0.319 e. The molecule has 132 valence electrons. The van der Waals surface area contributed by atoms with Crippen molar-refractivity contribution in [3.05, 3.63) is 29.8 Å². The first-order valence-electron chi connectivity index (χ1n) is 8.51. The summed E-state index contributed by atoms with van der Waals surface area (Å²) < 4.78 is 5.25. The molecular formula is C18H20N2O5. The number of hydrogen-bond acceptors (Lipinski definition) is 4. The van der Waals surface area contributed by atoms with Crippen molar-refractivity contribution in [2.75, 3.05) is 31.6 Å². The van der Waals surface area contributed by atoms with Crippen LogP contribution in [0.2, 0.25) is 0 Å². The van der Waals surface area contributed by atoms with Crippen molar-refractivity contribution in [2.45, 2.75) is 24.7 Å². The van der Waals surface area contributed by atoms with E-state index >= 15 is 0 Å². The van der Waals surface area contributed by atoms with Crippen LogP contribution in [0, 0.1) is 5.41 Å². The van der Waals surface area contributed by atoms with Crippen molar-refractivity contribution in [3.63, 3.8) is 0 Å². The Labute approximate surface area is 144 Å². The molecule has 25 heavy (non-hydrogen) atoms. The molecule has 0 aliphatic carbocycles. The smallest absolute Gasteiger partial charge is 0.319 e. The van der Waals surface area contributed by atoms with Crippen LogP contribution in [0.15, 0.2) is 24.3 Å². The van der Waals surface area contributed by atoms with Gasteiger partial charge in [0.25, 0.3) is 0 Å². The van der Waals surface area contributed by atoms with Gasteiger partial charge < -0.3 is 20.1 Å². The number of carboxylic acid groups (broad SMARTS) is 1. The van der Waals surface area contributed by atoms with Gasteiger partial charge in [0.05, 0.1) is 5.41 Å². The van der Waals surface area contributed by atoms with Crippen LogP contribution in [-0.2, 0) is 24.5 Å². The topological polar surface area (TPSA) is 95.9 Å². The molecule has 2 saturated heterocycles. The monoisotopic (exact) mass is 344 g/mol. The molecule has 2 amide bonds. The molecule has 3 aliphatic heterocycles. The Balaban J connectivity index is 1.63. The van der Waals surface area contributed by atoms with Crippen LogP contribution in [0.5, 0.6) is 0 Å². The van der Waals surface area contributed by atoms with Gasteiger partial charge in [-0.25, -0.2) is 0 Å². The van der Waals surface area contributed by atoms with Crippen LogP contribution < -0.4 is 5.32 Å². The molecule has 1 aromatic rings. The first-order chi connectivity index (χ1) is 12.0. The van der Waals surface area contributed by atoms with Gasteiger partial charge in [-0.3, -0.25) is 14.4 Å². The number of para-hydroxylation sites is 1. The number of benzene rings is 1. The van der Waals surface area contributed by atoms with Gasteiger partial charge in [-0.2, -0.15) is 0 Å². The molecule has 1 atom stereocenters. The van der Waals surface area contributed by atoms with E-state index in [1.165, 1.54) is 0 Å². The lowest BCUT2D eigenvalue weighted by Gasteiger charge is -2.35. The molecule has 0 saturated carbocycles. The fraction of sp³-hybridized carbons (Fsp3) is 0.500. The second-order valence-corrected chi connectivity index (χ2v) is 7.06. The fourth-order valence-corrected chi connectivity index (χ4v) is 4.30. The zero-order valence-corrected chi connectivity index (χ0v) is 13.8. The highest BCUT2D eigenvalue weighted by Gasteiger charge is 2.56. The van der Waals surface area contributed by atoms with Gasteiger partial charge in [-0.05, 0) is 30.9 Å². The average Bonchev–Trinajstić information content (AvgIpc) is 3.19. The number of nitrogens with zero attached hydrogens (tertiary/aromatic N) is 1. The van der Waals surface area contributed by atoms with Crippen molar-refractivity contribution < 1.29 is 24.2 Å².